The summed E-state index contributed by atoms with van der Waals surface area (Å²) in [7, 11) is 0. The van der Waals surface area contributed by atoms with Crippen molar-refractivity contribution in [3.8, 4) is 45.2 Å². The number of nitrogens with zero attached hydrogens (tertiary/aromatic N) is 5. The van der Waals surface area contributed by atoms with Crippen LogP contribution in [0.5, 0.6) is 0 Å². The lowest BCUT2D eigenvalue weighted by atomic mass is 10.1. The molecule has 11 heteroatoms. The number of rotatable bonds is 7. The minimum Gasteiger partial charge on any atom is -0.394 e. The van der Waals surface area contributed by atoms with E-state index in [0.29, 0.717) is 17.7 Å². The third-order valence-corrected chi connectivity index (χ3v) is 7.96. The van der Waals surface area contributed by atoms with Gasteiger partial charge < -0.3 is 14.8 Å². The third-order valence-electron chi connectivity index (χ3n) is 7.96. The molecule has 11 nitrogen and oxygen atoms in total. The summed E-state index contributed by atoms with van der Waals surface area (Å²) in [5.74, 6) is 0.755. The summed E-state index contributed by atoms with van der Waals surface area (Å²) in [5.41, 5.74) is 5.75. The molecule has 1 aliphatic heterocycles. The second-order valence-electron chi connectivity index (χ2n) is 10.8. The van der Waals surface area contributed by atoms with E-state index < -0.39 is 23.6 Å². The van der Waals surface area contributed by atoms with Gasteiger partial charge in [-0.2, -0.15) is 0 Å². The van der Waals surface area contributed by atoms with Crippen LogP contribution in [-0.4, -0.2) is 52.3 Å². The maximum absolute atomic E-state index is 12.4. The quantitative estimate of drug-likeness (QED) is 0.252. The van der Waals surface area contributed by atoms with Crippen molar-refractivity contribution in [2.24, 2.45) is 0 Å². The molecule has 3 N–H and O–H groups in total. The number of ether oxygens (including phenoxy) is 1. The molecule has 3 aromatic heterocycles. The van der Waals surface area contributed by atoms with E-state index in [4.69, 9.17) is 9.72 Å². The summed E-state index contributed by atoms with van der Waals surface area (Å²) < 4.78 is 9.00. The second kappa shape index (κ2) is 11.4. The van der Waals surface area contributed by atoms with Crippen molar-refractivity contribution in [3.05, 3.63) is 124 Å². The van der Waals surface area contributed by atoms with Gasteiger partial charge in [-0.05, 0) is 6.92 Å². The number of hydrogen-bond donors (Lipinski definition) is 3. The van der Waals surface area contributed by atoms with E-state index in [-0.39, 0.29) is 12.6 Å². The normalized spacial score (nSPS) is 18.1. The molecular formula is C33H29N7O4. The van der Waals surface area contributed by atoms with E-state index in [1.54, 1.807) is 11.6 Å². The Balaban J connectivity index is 1.15. The largest absolute Gasteiger partial charge is 0.394 e. The van der Waals surface area contributed by atoms with Gasteiger partial charge in [0.25, 0.3) is 5.56 Å². The first-order chi connectivity index (χ1) is 21.5. The monoisotopic (exact) mass is 587 g/mol. The molecule has 6 aromatic rings. The van der Waals surface area contributed by atoms with Crippen LogP contribution in [0.3, 0.4) is 0 Å². The summed E-state index contributed by atoms with van der Waals surface area (Å²) in [6.07, 6.45) is 2.38. The lowest BCUT2D eigenvalue weighted by Crippen LogP contribution is -2.33. The molecule has 4 heterocycles. The number of imidazole rings is 1. The Kier molecular flexibility index (Phi) is 7.09. The standard InChI is InChI=1S/C33H29N7O4/c1-20-17-39(33(43)36-32(20)42)28-16-26(27(19-41)44-28)40-18-25(37-38-40)21-12-14-24(15-13-21)31-34-29(22-8-4-2-5-9-22)30(35-31)23-10-6-3-7-11-23/h2-15,17-18,26-28,41H,16,19H2,1H3,(H,34,35)(H,36,42,43)/t26-,27+,28+/m0/s1. The van der Waals surface area contributed by atoms with Crippen molar-refractivity contribution in [1.82, 2.24) is 34.5 Å². The Labute approximate surface area is 251 Å². The molecule has 0 bridgehead atoms. The summed E-state index contributed by atoms with van der Waals surface area (Å²) >= 11 is 0. The molecule has 0 radical (unpaired) electrons. The van der Waals surface area contributed by atoms with Crippen molar-refractivity contribution in [3.63, 3.8) is 0 Å². The van der Waals surface area contributed by atoms with Gasteiger partial charge in [0.05, 0.1) is 30.2 Å². The van der Waals surface area contributed by atoms with Crippen molar-refractivity contribution < 1.29 is 9.84 Å². The van der Waals surface area contributed by atoms with E-state index in [9.17, 15) is 14.7 Å². The zero-order valence-electron chi connectivity index (χ0n) is 23.8. The summed E-state index contributed by atoms with van der Waals surface area (Å²) in [5, 5.41) is 18.7. The average Bonchev–Trinajstić information content (AvgIpc) is 3.82. The van der Waals surface area contributed by atoms with Crippen LogP contribution in [0, 0.1) is 6.92 Å². The van der Waals surface area contributed by atoms with E-state index in [2.05, 4.69) is 44.5 Å². The zero-order chi connectivity index (χ0) is 30.2. The number of aliphatic hydroxyl groups excluding tert-OH is 1. The molecule has 1 saturated heterocycles. The van der Waals surface area contributed by atoms with Crippen molar-refractivity contribution in [2.75, 3.05) is 6.61 Å². The first-order valence-corrected chi connectivity index (χ1v) is 14.3. The molecule has 3 atom stereocenters. The third kappa shape index (κ3) is 5.08. The molecule has 0 unspecified atom stereocenters. The molecule has 44 heavy (non-hydrogen) atoms. The SMILES string of the molecule is Cc1cn([C@H]2C[C@H](n3cc(-c4ccc(-c5nc(-c6ccccc6)c(-c6ccccc6)[nH]5)cc4)nn3)[C@@H](CO)O2)c(=O)[nH]c1=O. The Hall–Kier alpha value is -5.39. The van der Waals surface area contributed by atoms with Gasteiger partial charge in [-0.15, -0.1) is 5.10 Å². The first kappa shape index (κ1) is 27.4. The molecule has 0 saturated carbocycles. The Morgan fingerprint density at radius 2 is 1.55 bits per heavy atom. The topological polar surface area (TPSA) is 144 Å². The van der Waals surface area contributed by atoms with Crippen LogP contribution in [0.15, 0.2) is 107 Å². The summed E-state index contributed by atoms with van der Waals surface area (Å²) in [6, 6.07) is 27.8. The maximum atomic E-state index is 12.4. The number of nitrogens with one attached hydrogen (secondary N) is 2. The molecule has 0 spiro atoms. The zero-order valence-corrected chi connectivity index (χ0v) is 23.8. The van der Waals surface area contributed by atoms with Gasteiger partial charge in [0.15, 0.2) is 0 Å². The predicted molar refractivity (Wildman–Crippen MR) is 165 cm³/mol. The molecular weight excluding hydrogens is 558 g/mol. The fourth-order valence-electron chi connectivity index (χ4n) is 5.63. The summed E-state index contributed by atoms with van der Waals surface area (Å²) in [4.78, 5) is 35.0. The predicted octanol–water partition coefficient (Wildman–Crippen LogP) is 4.35. The van der Waals surface area contributed by atoms with Gasteiger partial charge in [-0.1, -0.05) is 90.1 Å². The lowest BCUT2D eigenvalue weighted by molar-refractivity contribution is -0.0323. The van der Waals surface area contributed by atoms with Crippen LogP contribution in [0.25, 0.3) is 45.2 Å². The maximum Gasteiger partial charge on any atom is 0.330 e. The minimum atomic E-state index is -0.665. The first-order valence-electron chi connectivity index (χ1n) is 14.3. The molecule has 0 aliphatic carbocycles. The van der Waals surface area contributed by atoms with Crippen LogP contribution in [0.4, 0.5) is 0 Å². The van der Waals surface area contributed by atoms with Crippen LogP contribution in [-0.2, 0) is 4.74 Å². The van der Waals surface area contributed by atoms with Crippen LogP contribution < -0.4 is 11.2 Å². The highest BCUT2D eigenvalue weighted by Gasteiger charge is 2.38. The number of aryl methyl sites for hydroxylation is 1. The minimum absolute atomic E-state index is 0.263. The Bertz CT molecular complexity index is 1970. The van der Waals surface area contributed by atoms with Crippen molar-refractivity contribution in [1.29, 1.82) is 0 Å². The highest BCUT2D eigenvalue weighted by Crippen LogP contribution is 2.37. The lowest BCUT2D eigenvalue weighted by Gasteiger charge is -2.15. The van der Waals surface area contributed by atoms with Gasteiger partial charge in [-0.25, -0.2) is 14.5 Å². The fourth-order valence-corrected chi connectivity index (χ4v) is 5.63. The smallest absolute Gasteiger partial charge is 0.330 e. The molecule has 3 aromatic carbocycles. The number of H-pyrrole nitrogens is 2. The molecule has 220 valence electrons. The van der Waals surface area contributed by atoms with Gasteiger partial charge in [-0.3, -0.25) is 14.3 Å². The number of aromatic nitrogens is 7. The van der Waals surface area contributed by atoms with Crippen molar-refractivity contribution >= 4 is 0 Å². The van der Waals surface area contributed by atoms with Crippen LogP contribution in [0.1, 0.15) is 24.3 Å². The van der Waals surface area contributed by atoms with Gasteiger partial charge >= 0.3 is 5.69 Å². The highest BCUT2D eigenvalue weighted by atomic mass is 16.5. The van der Waals surface area contributed by atoms with Gasteiger partial charge in [0.2, 0.25) is 0 Å². The summed E-state index contributed by atoms with van der Waals surface area (Å²) in [6.45, 7) is 1.36. The van der Waals surface area contributed by atoms with E-state index >= 15 is 0 Å². The molecule has 1 fully saturated rings. The molecule has 7 rings (SSSR count). The number of aromatic amines is 2. The fraction of sp³-hybridized carbons (Fsp3) is 0.182. The Morgan fingerprint density at radius 3 is 2.25 bits per heavy atom. The van der Waals surface area contributed by atoms with Crippen LogP contribution in [0.2, 0.25) is 0 Å². The number of hydrogen-bond acceptors (Lipinski definition) is 7. The van der Waals surface area contributed by atoms with Crippen molar-refractivity contribution in [2.45, 2.75) is 31.7 Å². The van der Waals surface area contributed by atoms with E-state index in [0.717, 1.165) is 39.5 Å². The molecule has 0 amide bonds. The van der Waals surface area contributed by atoms with Gasteiger partial charge in [0.1, 0.15) is 23.9 Å². The van der Waals surface area contributed by atoms with Crippen LogP contribution >= 0.6 is 0 Å². The van der Waals surface area contributed by atoms with Gasteiger partial charge in [0, 0.05) is 40.4 Å². The Morgan fingerprint density at radius 1 is 0.864 bits per heavy atom. The average molecular weight is 588 g/mol. The van der Waals surface area contributed by atoms with E-state index in [1.165, 1.54) is 10.8 Å². The number of benzene rings is 3. The second-order valence-corrected chi connectivity index (χ2v) is 10.8. The number of aliphatic hydroxyl groups is 1. The van der Waals surface area contributed by atoms with E-state index in [1.807, 2.05) is 66.9 Å². The highest BCUT2D eigenvalue weighted by molar-refractivity contribution is 5.81. The molecule has 1 aliphatic rings.